The van der Waals surface area contributed by atoms with Gasteiger partial charge in [0.25, 0.3) is 11.5 Å². The van der Waals surface area contributed by atoms with E-state index in [2.05, 4.69) is 10.4 Å². The molecule has 0 aliphatic carbocycles. The van der Waals surface area contributed by atoms with E-state index in [1.165, 1.54) is 34.0 Å². The van der Waals surface area contributed by atoms with Crippen molar-refractivity contribution in [3.8, 4) is 11.3 Å². The lowest BCUT2D eigenvalue weighted by Crippen LogP contribution is -2.33. The van der Waals surface area contributed by atoms with E-state index >= 15 is 0 Å². The fraction of sp³-hybridized carbons (Fsp3) is 0.231. The molecule has 35 heavy (non-hydrogen) atoms. The van der Waals surface area contributed by atoms with Gasteiger partial charge in [-0.2, -0.15) is 5.10 Å². The number of nitrogens with one attached hydrogen (secondary N) is 1. The van der Waals surface area contributed by atoms with Crippen LogP contribution in [0.3, 0.4) is 0 Å². The van der Waals surface area contributed by atoms with E-state index < -0.39 is 11.7 Å². The minimum absolute atomic E-state index is 0.0767. The van der Waals surface area contributed by atoms with Gasteiger partial charge in [-0.1, -0.05) is 24.3 Å². The zero-order chi connectivity index (χ0) is 25.1. The van der Waals surface area contributed by atoms with Crippen molar-refractivity contribution in [2.45, 2.75) is 25.8 Å². The maximum absolute atomic E-state index is 13.4. The third-order valence-electron chi connectivity index (χ3n) is 5.97. The van der Waals surface area contributed by atoms with Crippen LogP contribution < -0.4 is 10.9 Å². The van der Waals surface area contributed by atoms with Crippen molar-refractivity contribution in [3.63, 3.8) is 0 Å². The second-order valence-electron chi connectivity index (χ2n) is 8.38. The summed E-state index contributed by atoms with van der Waals surface area (Å²) in [5.41, 5.74) is 3.29. The molecular formula is C26H25FN4O4. The van der Waals surface area contributed by atoms with Crippen molar-refractivity contribution in [1.29, 1.82) is 0 Å². The Morgan fingerprint density at radius 1 is 1.14 bits per heavy atom. The number of amides is 2. The Balaban J connectivity index is 1.65. The summed E-state index contributed by atoms with van der Waals surface area (Å²) in [6, 6.07) is 14.2. The Morgan fingerprint density at radius 3 is 2.60 bits per heavy atom. The van der Waals surface area contributed by atoms with Gasteiger partial charge in [0.1, 0.15) is 5.82 Å². The molecule has 0 radical (unpaired) electrons. The van der Waals surface area contributed by atoms with Gasteiger partial charge in [-0.25, -0.2) is 9.07 Å². The molecule has 2 N–H and O–H groups in total. The van der Waals surface area contributed by atoms with Crippen molar-refractivity contribution in [2.75, 3.05) is 19.0 Å². The monoisotopic (exact) mass is 476 g/mol. The molecule has 2 heterocycles. The number of hydrogen-bond acceptors (Lipinski definition) is 5. The first-order chi connectivity index (χ1) is 16.8. The topological polar surface area (TPSA) is 105 Å². The van der Waals surface area contributed by atoms with Crippen LogP contribution in [-0.4, -0.2) is 45.3 Å². The molecule has 1 aliphatic rings. The number of anilines is 1. The highest BCUT2D eigenvalue weighted by molar-refractivity contribution is 6.07. The molecule has 2 aromatic carbocycles. The lowest BCUT2D eigenvalue weighted by atomic mass is 9.85. The van der Waals surface area contributed by atoms with Crippen LogP contribution in [0.2, 0.25) is 0 Å². The van der Waals surface area contributed by atoms with Crippen molar-refractivity contribution in [3.05, 3.63) is 93.7 Å². The van der Waals surface area contributed by atoms with Gasteiger partial charge in [0.05, 0.1) is 18.8 Å². The molecule has 1 aliphatic heterocycles. The average molecular weight is 477 g/mol. The van der Waals surface area contributed by atoms with E-state index in [0.717, 1.165) is 5.56 Å². The third kappa shape index (κ3) is 5.20. The van der Waals surface area contributed by atoms with Gasteiger partial charge in [0.15, 0.2) is 0 Å². The van der Waals surface area contributed by atoms with Crippen molar-refractivity contribution in [1.82, 2.24) is 14.7 Å². The Bertz CT molecular complexity index is 1360. The van der Waals surface area contributed by atoms with E-state index in [4.69, 9.17) is 5.11 Å². The van der Waals surface area contributed by atoms with Crippen molar-refractivity contribution >= 4 is 17.5 Å². The fourth-order valence-electron chi connectivity index (χ4n) is 3.98. The molecule has 1 aromatic heterocycles. The number of aliphatic hydroxyl groups excluding tert-OH is 1. The number of carbonyl (C=O) groups excluding carboxylic acids is 2. The first kappa shape index (κ1) is 24.0. The number of rotatable bonds is 6. The molecule has 0 saturated heterocycles. The first-order valence-electron chi connectivity index (χ1n) is 11.1. The zero-order valence-corrected chi connectivity index (χ0v) is 19.4. The van der Waals surface area contributed by atoms with Crippen LogP contribution in [0.4, 0.5) is 10.1 Å². The van der Waals surface area contributed by atoms with Crippen LogP contribution in [0.5, 0.6) is 0 Å². The van der Waals surface area contributed by atoms with E-state index in [1.54, 1.807) is 31.3 Å². The highest BCUT2D eigenvalue weighted by atomic mass is 19.1. The Labute approximate surface area is 201 Å². The summed E-state index contributed by atoms with van der Waals surface area (Å²) in [4.78, 5) is 39.0. The van der Waals surface area contributed by atoms with Gasteiger partial charge in [-0.3, -0.25) is 14.4 Å². The van der Waals surface area contributed by atoms with E-state index in [0.29, 0.717) is 28.1 Å². The molecule has 0 saturated carbocycles. The highest BCUT2D eigenvalue weighted by Gasteiger charge is 2.31. The van der Waals surface area contributed by atoms with E-state index in [9.17, 15) is 18.8 Å². The molecular weight excluding hydrogens is 451 g/mol. The third-order valence-corrected chi connectivity index (χ3v) is 5.97. The molecule has 9 heteroatoms. The summed E-state index contributed by atoms with van der Waals surface area (Å²) in [7, 11) is 1.59. The Morgan fingerprint density at radius 2 is 1.89 bits per heavy atom. The highest BCUT2D eigenvalue weighted by Crippen LogP contribution is 2.34. The molecule has 8 nitrogen and oxygen atoms in total. The molecule has 0 spiro atoms. The lowest BCUT2D eigenvalue weighted by Gasteiger charge is -2.28. The number of hydrogen-bond donors (Lipinski definition) is 2. The largest absolute Gasteiger partial charge is 0.394 e. The zero-order valence-electron chi connectivity index (χ0n) is 19.4. The summed E-state index contributed by atoms with van der Waals surface area (Å²) < 4.78 is 14.6. The number of nitrogens with zero attached hydrogens (tertiary/aromatic N) is 3. The minimum atomic E-state index is -0.508. The average Bonchev–Trinajstić information content (AvgIpc) is 2.84. The Hall–Kier alpha value is -4.11. The molecule has 0 bridgehead atoms. The summed E-state index contributed by atoms with van der Waals surface area (Å²) in [6.45, 7) is 1.71. The maximum Gasteiger partial charge on any atom is 0.266 e. The summed E-state index contributed by atoms with van der Waals surface area (Å²) in [5, 5.41) is 16.4. The minimum Gasteiger partial charge on any atom is -0.394 e. The SMILES string of the molecule is Cc1ccc(-c2ccc(=O)n(CCO)n2)cc1NC(=O)C1=CN(C)C(=O)CC1c1ccc(F)cc1. The molecule has 1 unspecified atom stereocenters. The second-order valence-corrected chi connectivity index (χ2v) is 8.38. The quantitative estimate of drug-likeness (QED) is 0.569. The predicted molar refractivity (Wildman–Crippen MR) is 129 cm³/mol. The summed E-state index contributed by atoms with van der Waals surface area (Å²) in [6.07, 6.45) is 1.61. The number of carbonyl (C=O) groups is 2. The number of halogens is 1. The van der Waals surface area contributed by atoms with Gasteiger partial charge in [-0.15, -0.1) is 0 Å². The van der Waals surface area contributed by atoms with Gasteiger partial charge < -0.3 is 15.3 Å². The van der Waals surface area contributed by atoms with Crippen LogP contribution >= 0.6 is 0 Å². The summed E-state index contributed by atoms with van der Waals surface area (Å²) >= 11 is 0. The number of benzene rings is 2. The number of aliphatic hydroxyl groups is 1. The number of aryl methyl sites for hydroxylation is 1. The maximum atomic E-state index is 13.4. The molecule has 4 rings (SSSR count). The van der Waals surface area contributed by atoms with Crippen LogP contribution in [-0.2, 0) is 16.1 Å². The fourth-order valence-corrected chi connectivity index (χ4v) is 3.98. The summed E-state index contributed by atoms with van der Waals surface area (Å²) in [5.74, 6) is -1.42. The van der Waals surface area contributed by atoms with Crippen LogP contribution in [0.25, 0.3) is 11.3 Å². The molecule has 0 fully saturated rings. The van der Waals surface area contributed by atoms with E-state index in [-0.39, 0.29) is 36.9 Å². The lowest BCUT2D eigenvalue weighted by molar-refractivity contribution is -0.128. The van der Waals surface area contributed by atoms with E-state index in [1.807, 2.05) is 19.1 Å². The van der Waals surface area contributed by atoms with Crippen molar-refractivity contribution in [2.24, 2.45) is 0 Å². The molecule has 180 valence electrons. The number of aromatic nitrogens is 2. The van der Waals surface area contributed by atoms with Crippen LogP contribution in [0, 0.1) is 12.7 Å². The molecule has 2 amide bonds. The van der Waals surface area contributed by atoms with Gasteiger partial charge in [0.2, 0.25) is 5.91 Å². The first-order valence-corrected chi connectivity index (χ1v) is 11.1. The van der Waals surface area contributed by atoms with Gasteiger partial charge >= 0.3 is 0 Å². The van der Waals surface area contributed by atoms with Gasteiger partial charge in [0, 0.05) is 48.5 Å². The van der Waals surface area contributed by atoms with Gasteiger partial charge in [-0.05, 0) is 42.3 Å². The normalized spacial score (nSPS) is 15.7. The molecule has 1 atom stereocenters. The standard InChI is InChI=1S/C26H25FN4O4/c1-16-3-4-18(22-9-10-24(33)31(29-22)11-12-32)13-23(16)28-26(35)21-15-30(2)25(34)14-20(21)17-5-7-19(27)8-6-17/h3-10,13,15,20,32H,11-12,14H2,1-2H3,(H,28,35). The molecule has 3 aromatic rings. The Kier molecular flexibility index (Phi) is 6.88. The van der Waals surface area contributed by atoms with Crippen molar-refractivity contribution < 1.29 is 19.1 Å². The smallest absolute Gasteiger partial charge is 0.266 e. The van der Waals surface area contributed by atoms with Crippen LogP contribution in [0.15, 0.2) is 71.2 Å². The van der Waals surface area contributed by atoms with Crippen LogP contribution in [0.1, 0.15) is 23.5 Å². The predicted octanol–water partition coefficient (Wildman–Crippen LogP) is 2.82. The second kappa shape index (κ2) is 10.0.